The van der Waals surface area contributed by atoms with Gasteiger partial charge in [-0.25, -0.2) is 0 Å². The highest BCUT2D eigenvalue weighted by Gasteiger charge is 2.29. The van der Waals surface area contributed by atoms with Crippen molar-refractivity contribution in [2.75, 3.05) is 7.11 Å². The third-order valence-electron chi connectivity index (χ3n) is 2.38. The fourth-order valence-corrected chi connectivity index (χ4v) is 1.16. The summed E-state index contributed by atoms with van der Waals surface area (Å²) in [7, 11) is 1.66. The average Bonchev–Trinajstić information content (AvgIpc) is 2.03. The van der Waals surface area contributed by atoms with E-state index in [1.807, 2.05) is 13.8 Å². The zero-order chi connectivity index (χ0) is 8.91. The molecule has 0 aliphatic rings. The first-order chi connectivity index (χ1) is 5.10. The molecule has 0 spiro atoms. The van der Waals surface area contributed by atoms with Gasteiger partial charge in [-0.2, -0.15) is 0 Å². The molecular weight excluding hydrogens is 140 g/mol. The third kappa shape index (κ3) is 2.62. The average molecular weight is 158 g/mol. The lowest BCUT2D eigenvalue weighted by molar-refractivity contribution is -0.121. The fourth-order valence-electron chi connectivity index (χ4n) is 1.16. The van der Waals surface area contributed by atoms with Crippen LogP contribution in [-0.2, 0) is 9.53 Å². The standard InChI is InChI=1S/C9H18O2/c1-5-6-9(3,11-4)8(2)7-10/h7-8H,5-6H2,1-4H3. The Bertz CT molecular complexity index is 123. The summed E-state index contributed by atoms with van der Waals surface area (Å²) in [6, 6.07) is 0. The van der Waals surface area contributed by atoms with E-state index < -0.39 is 0 Å². The topological polar surface area (TPSA) is 26.3 Å². The van der Waals surface area contributed by atoms with E-state index >= 15 is 0 Å². The number of hydrogen-bond acceptors (Lipinski definition) is 2. The molecule has 0 aliphatic heterocycles. The van der Waals surface area contributed by atoms with Gasteiger partial charge in [-0.1, -0.05) is 20.3 Å². The normalized spacial score (nSPS) is 18.9. The first kappa shape index (κ1) is 10.6. The van der Waals surface area contributed by atoms with Crippen LogP contribution in [0.2, 0.25) is 0 Å². The van der Waals surface area contributed by atoms with Gasteiger partial charge in [-0.3, -0.25) is 0 Å². The van der Waals surface area contributed by atoms with Gasteiger partial charge in [0.2, 0.25) is 0 Å². The summed E-state index contributed by atoms with van der Waals surface area (Å²) < 4.78 is 5.30. The molecule has 2 atom stereocenters. The summed E-state index contributed by atoms with van der Waals surface area (Å²) in [4.78, 5) is 10.5. The third-order valence-corrected chi connectivity index (χ3v) is 2.38. The van der Waals surface area contributed by atoms with Gasteiger partial charge in [0.25, 0.3) is 0 Å². The quantitative estimate of drug-likeness (QED) is 0.572. The largest absolute Gasteiger partial charge is 0.378 e. The zero-order valence-electron chi connectivity index (χ0n) is 7.89. The summed E-state index contributed by atoms with van der Waals surface area (Å²) in [5, 5.41) is 0. The monoisotopic (exact) mass is 158 g/mol. The number of hydrogen-bond donors (Lipinski definition) is 0. The molecule has 0 saturated heterocycles. The van der Waals surface area contributed by atoms with Crippen LogP contribution in [0.4, 0.5) is 0 Å². The van der Waals surface area contributed by atoms with Crippen LogP contribution >= 0.6 is 0 Å². The van der Waals surface area contributed by atoms with E-state index in [2.05, 4.69) is 6.92 Å². The van der Waals surface area contributed by atoms with Crippen molar-refractivity contribution >= 4 is 6.29 Å². The van der Waals surface area contributed by atoms with Crippen molar-refractivity contribution in [1.82, 2.24) is 0 Å². The minimum Gasteiger partial charge on any atom is -0.378 e. The maximum atomic E-state index is 10.5. The number of ether oxygens (including phenoxy) is 1. The molecule has 0 aromatic heterocycles. The van der Waals surface area contributed by atoms with Crippen molar-refractivity contribution in [2.45, 2.75) is 39.2 Å². The number of carbonyl (C=O) groups is 1. The van der Waals surface area contributed by atoms with Crippen molar-refractivity contribution < 1.29 is 9.53 Å². The lowest BCUT2D eigenvalue weighted by atomic mass is 9.87. The Morgan fingerprint density at radius 3 is 2.45 bits per heavy atom. The highest BCUT2D eigenvalue weighted by molar-refractivity contribution is 5.54. The summed E-state index contributed by atoms with van der Waals surface area (Å²) >= 11 is 0. The van der Waals surface area contributed by atoms with Crippen LogP contribution in [-0.4, -0.2) is 19.0 Å². The van der Waals surface area contributed by atoms with Crippen molar-refractivity contribution in [3.8, 4) is 0 Å². The van der Waals surface area contributed by atoms with Crippen LogP contribution in [0.1, 0.15) is 33.6 Å². The van der Waals surface area contributed by atoms with E-state index in [9.17, 15) is 4.79 Å². The molecular formula is C9H18O2. The molecule has 11 heavy (non-hydrogen) atoms. The molecule has 0 aromatic carbocycles. The Balaban J connectivity index is 4.18. The Hall–Kier alpha value is -0.370. The van der Waals surface area contributed by atoms with Crippen LogP contribution in [0.25, 0.3) is 0 Å². The van der Waals surface area contributed by atoms with Gasteiger partial charge in [-0.05, 0) is 13.3 Å². The van der Waals surface area contributed by atoms with Crippen molar-refractivity contribution in [3.63, 3.8) is 0 Å². The van der Waals surface area contributed by atoms with Gasteiger partial charge in [0, 0.05) is 13.0 Å². The summed E-state index contributed by atoms with van der Waals surface area (Å²) in [5.74, 6) is -0.0209. The molecule has 0 amide bonds. The van der Waals surface area contributed by atoms with Crippen LogP contribution in [0.3, 0.4) is 0 Å². The Morgan fingerprint density at radius 1 is 1.64 bits per heavy atom. The van der Waals surface area contributed by atoms with E-state index in [0.717, 1.165) is 19.1 Å². The summed E-state index contributed by atoms with van der Waals surface area (Å²) in [6.45, 7) is 5.97. The molecule has 0 heterocycles. The predicted octanol–water partition coefficient (Wildman–Crippen LogP) is 2.03. The lowest BCUT2D eigenvalue weighted by Gasteiger charge is -2.30. The van der Waals surface area contributed by atoms with Crippen molar-refractivity contribution in [3.05, 3.63) is 0 Å². The minimum absolute atomic E-state index is 0.0209. The van der Waals surface area contributed by atoms with Gasteiger partial charge >= 0.3 is 0 Å². The molecule has 0 radical (unpaired) electrons. The molecule has 2 nitrogen and oxygen atoms in total. The summed E-state index contributed by atoms with van der Waals surface area (Å²) in [5.41, 5.74) is -0.267. The first-order valence-corrected chi connectivity index (χ1v) is 4.11. The van der Waals surface area contributed by atoms with Gasteiger partial charge in [0.05, 0.1) is 5.60 Å². The maximum Gasteiger partial charge on any atom is 0.125 e. The smallest absolute Gasteiger partial charge is 0.125 e. The first-order valence-electron chi connectivity index (χ1n) is 4.11. The van der Waals surface area contributed by atoms with Crippen LogP contribution < -0.4 is 0 Å². The predicted molar refractivity (Wildman–Crippen MR) is 45.6 cm³/mol. The molecule has 0 fully saturated rings. The van der Waals surface area contributed by atoms with E-state index in [0.29, 0.717) is 0 Å². The molecule has 0 rings (SSSR count). The highest BCUT2D eigenvalue weighted by atomic mass is 16.5. The SMILES string of the molecule is CCCC(C)(OC)C(C)C=O. The van der Waals surface area contributed by atoms with Gasteiger partial charge < -0.3 is 9.53 Å². The minimum atomic E-state index is -0.267. The zero-order valence-corrected chi connectivity index (χ0v) is 7.89. The van der Waals surface area contributed by atoms with Crippen LogP contribution in [0.5, 0.6) is 0 Å². The number of aldehydes is 1. The van der Waals surface area contributed by atoms with E-state index in [4.69, 9.17) is 4.74 Å². The maximum absolute atomic E-state index is 10.5. The van der Waals surface area contributed by atoms with E-state index in [1.165, 1.54) is 0 Å². The van der Waals surface area contributed by atoms with Gasteiger partial charge in [0.1, 0.15) is 6.29 Å². The number of rotatable bonds is 5. The van der Waals surface area contributed by atoms with Crippen molar-refractivity contribution in [1.29, 1.82) is 0 Å². The number of methoxy groups -OCH3 is 1. The Morgan fingerprint density at radius 2 is 2.18 bits per heavy atom. The Labute approximate surface area is 68.9 Å². The Kier molecular flexibility index (Phi) is 4.34. The van der Waals surface area contributed by atoms with Crippen LogP contribution in [0, 0.1) is 5.92 Å². The van der Waals surface area contributed by atoms with Crippen molar-refractivity contribution in [2.24, 2.45) is 5.92 Å². The summed E-state index contributed by atoms with van der Waals surface area (Å²) in [6.07, 6.45) is 2.94. The molecule has 2 unspecified atom stereocenters. The molecule has 0 N–H and O–H groups in total. The second-order valence-electron chi connectivity index (χ2n) is 3.19. The molecule has 0 saturated carbocycles. The van der Waals surface area contributed by atoms with E-state index in [1.54, 1.807) is 7.11 Å². The number of carbonyl (C=O) groups excluding carboxylic acids is 1. The molecule has 66 valence electrons. The van der Waals surface area contributed by atoms with Crippen LogP contribution in [0.15, 0.2) is 0 Å². The molecule has 0 aliphatic carbocycles. The molecule has 0 aromatic rings. The molecule has 0 bridgehead atoms. The second kappa shape index (κ2) is 4.50. The van der Waals surface area contributed by atoms with Gasteiger partial charge in [0.15, 0.2) is 0 Å². The van der Waals surface area contributed by atoms with E-state index in [-0.39, 0.29) is 11.5 Å². The highest BCUT2D eigenvalue weighted by Crippen LogP contribution is 2.24. The second-order valence-corrected chi connectivity index (χ2v) is 3.19. The molecule has 2 heteroatoms. The lowest BCUT2D eigenvalue weighted by Crippen LogP contribution is -2.35. The van der Waals surface area contributed by atoms with Gasteiger partial charge in [-0.15, -0.1) is 0 Å². The fraction of sp³-hybridized carbons (Fsp3) is 0.889.